The van der Waals surface area contributed by atoms with Gasteiger partial charge >= 0.3 is 0 Å². The summed E-state index contributed by atoms with van der Waals surface area (Å²) in [5.74, 6) is 2.11. The number of aromatic nitrogens is 2. The van der Waals surface area contributed by atoms with Crippen molar-refractivity contribution in [2.45, 2.75) is 51.2 Å². The zero-order valence-corrected chi connectivity index (χ0v) is 11.5. The Balaban J connectivity index is 1.46. The lowest BCUT2D eigenvalue weighted by Crippen LogP contribution is -2.29. The molecule has 1 aromatic heterocycles. The summed E-state index contributed by atoms with van der Waals surface area (Å²) in [6.07, 6.45) is 4.45. The molecule has 1 atom stereocenters. The van der Waals surface area contributed by atoms with Crippen LogP contribution in [0.4, 0.5) is 0 Å². The first-order valence-electron chi connectivity index (χ1n) is 6.97. The van der Waals surface area contributed by atoms with E-state index in [-0.39, 0.29) is 6.10 Å². The molecule has 1 aromatic rings. The van der Waals surface area contributed by atoms with Gasteiger partial charge in [-0.25, -0.2) is 0 Å². The van der Waals surface area contributed by atoms with Crippen LogP contribution in [0.25, 0.3) is 0 Å². The monoisotopic (exact) mass is 264 g/mol. The molecule has 6 nitrogen and oxygen atoms in total. The topological polar surface area (TPSA) is 63.8 Å². The van der Waals surface area contributed by atoms with Gasteiger partial charge < -0.3 is 9.36 Å². The first-order chi connectivity index (χ1) is 9.24. The van der Waals surface area contributed by atoms with Gasteiger partial charge in [0.2, 0.25) is 5.89 Å². The van der Waals surface area contributed by atoms with Crippen molar-refractivity contribution >= 4 is 5.71 Å². The van der Waals surface area contributed by atoms with Crippen molar-refractivity contribution in [1.82, 2.24) is 15.0 Å². The van der Waals surface area contributed by atoms with Crippen LogP contribution in [-0.2, 0) is 11.4 Å². The van der Waals surface area contributed by atoms with Crippen LogP contribution >= 0.6 is 0 Å². The molecule has 19 heavy (non-hydrogen) atoms. The molecule has 2 aliphatic rings. The lowest BCUT2D eigenvalue weighted by atomic mass is 10.1. The van der Waals surface area contributed by atoms with Gasteiger partial charge in [0.25, 0.3) is 0 Å². The predicted octanol–water partition coefficient (Wildman–Crippen LogP) is 1.93. The minimum Gasteiger partial charge on any atom is -0.391 e. The molecular weight excluding hydrogens is 244 g/mol. The Morgan fingerprint density at radius 3 is 2.89 bits per heavy atom. The molecule has 1 fully saturated rings. The second-order valence-corrected chi connectivity index (χ2v) is 5.46. The summed E-state index contributed by atoms with van der Waals surface area (Å²) < 4.78 is 5.27. The van der Waals surface area contributed by atoms with Crippen molar-refractivity contribution in [3.63, 3.8) is 0 Å². The maximum absolute atomic E-state index is 5.40. The fraction of sp³-hybridized carbons (Fsp3) is 0.769. The van der Waals surface area contributed by atoms with E-state index in [2.05, 4.69) is 27.1 Å². The van der Waals surface area contributed by atoms with E-state index in [0.29, 0.717) is 18.4 Å². The summed E-state index contributed by atoms with van der Waals surface area (Å²) in [6, 6.07) is 0. The Labute approximate surface area is 112 Å². The Morgan fingerprint density at radius 2 is 2.21 bits per heavy atom. The third kappa shape index (κ3) is 3.12. The zero-order valence-electron chi connectivity index (χ0n) is 11.5. The van der Waals surface area contributed by atoms with Gasteiger partial charge in [-0.05, 0) is 26.3 Å². The molecule has 1 aliphatic heterocycles. The molecule has 0 bridgehead atoms. The van der Waals surface area contributed by atoms with Crippen molar-refractivity contribution in [1.29, 1.82) is 0 Å². The van der Waals surface area contributed by atoms with Crippen LogP contribution in [0.1, 0.15) is 50.2 Å². The molecule has 0 aromatic carbocycles. The van der Waals surface area contributed by atoms with Crippen LogP contribution in [0.3, 0.4) is 0 Å². The van der Waals surface area contributed by atoms with Gasteiger partial charge in [0, 0.05) is 18.9 Å². The van der Waals surface area contributed by atoms with Crippen molar-refractivity contribution in [3.05, 3.63) is 11.7 Å². The largest absolute Gasteiger partial charge is 0.391 e. The van der Waals surface area contributed by atoms with Gasteiger partial charge in [-0.15, -0.1) is 0 Å². The van der Waals surface area contributed by atoms with Crippen molar-refractivity contribution in [2.24, 2.45) is 5.16 Å². The first kappa shape index (κ1) is 12.6. The molecule has 0 saturated heterocycles. The standard InChI is InChI=1S/C13H20N4O2/c1-3-10-6-11(18-15-10)7-17(2)8-12-14-13(16-19-12)9-4-5-9/h9,11H,3-8H2,1-2H3/t11-/m0/s1. The van der Waals surface area contributed by atoms with E-state index < -0.39 is 0 Å². The molecule has 1 aliphatic carbocycles. The van der Waals surface area contributed by atoms with Crippen LogP contribution in [0, 0.1) is 0 Å². The zero-order chi connectivity index (χ0) is 13.2. The second-order valence-electron chi connectivity index (χ2n) is 5.46. The van der Waals surface area contributed by atoms with Gasteiger partial charge in [-0.1, -0.05) is 17.2 Å². The SMILES string of the molecule is CCC1=NO[C@H](CN(C)Cc2nc(C3CC3)no2)C1. The quantitative estimate of drug-likeness (QED) is 0.785. The van der Waals surface area contributed by atoms with Gasteiger partial charge in [-0.2, -0.15) is 4.98 Å². The molecule has 2 heterocycles. The summed E-state index contributed by atoms with van der Waals surface area (Å²) >= 11 is 0. The van der Waals surface area contributed by atoms with Crippen LogP contribution in [-0.4, -0.2) is 40.4 Å². The molecular formula is C13H20N4O2. The Morgan fingerprint density at radius 1 is 1.37 bits per heavy atom. The Hall–Kier alpha value is -1.43. The molecule has 1 saturated carbocycles. The minimum atomic E-state index is 0.158. The molecule has 0 N–H and O–H groups in total. The maximum Gasteiger partial charge on any atom is 0.240 e. The van der Waals surface area contributed by atoms with E-state index in [1.165, 1.54) is 12.8 Å². The lowest BCUT2D eigenvalue weighted by molar-refractivity contribution is 0.0553. The summed E-state index contributed by atoms with van der Waals surface area (Å²) in [4.78, 5) is 12.0. The van der Waals surface area contributed by atoms with Crippen LogP contribution in [0.2, 0.25) is 0 Å². The summed E-state index contributed by atoms with van der Waals surface area (Å²) in [6.45, 7) is 3.60. The number of nitrogens with zero attached hydrogens (tertiary/aromatic N) is 4. The molecule has 0 radical (unpaired) electrons. The fourth-order valence-corrected chi connectivity index (χ4v) is 2.28. The van der Waals surface area contributed by atoms with E-state index in [4.69, 9.17) is 9.36 Å². The average molecular weight is 264 g/mol. The van der Waals surface area contributed by atoms with Gasteiger partial charge in [0.15, 0.2) is 5.82 Å². The normalized spacial score (nSPS) is 22.7. The fourth-order valence-electron chi connectivity index (χ4n) is 2.28. The third-order valence-electron chi connectivity index (χ3n) is 3.55. The first-order valence-corrected chi connectivity index (χ1v) is 6.97. The minimum absolute atomic E-state index is 0.158. The Bertz CT molecular complexity index is 467. The van der Waals surface area contributed by atoms with Crippen molar-refractivity contribution < 1.29 is 9.36 Å². The Kier molecular flexibility index (Phi) is 3.50. The molecule has 104 valence electrons. The number of oxime groups is 1. The maximum atomic E-state index is 5.40. The van der Waals surface area contributed by atoms with E-state index in [0.717, 1.165) is 30.9 Å². The van der Waals surface area contributed by atoms with E-state index in [9.17, 15) is 0 Å². The van der Waals surface area contributed by atoms with Gasteiger partial charge in [-0.3, -0.25) is 4.90 Å². The highest BCUT2D eigenvalue weighted by atomic mass is 16.6. The van der Waals surface area contributed by atoms with Gasteiger partial charge in [0.1, 0.15) is 6.10 Å². The predicted molar refractivity (Wildman–Crippen MR) is 69.8 cm³/mol. The highest BCUT2D eigenvalue weighted by Crippen LogP contribution is 2.38. The summed E-state index contributed by atoms with van der Waals surface area (Å²) in [5.41, 5.74) is 1.15. The smallest absolute Gasteiger partial charge is 0.240 e. The van der Waals surface area contributed by atoms with Crippen LogP contribution < -0.4 is 0 Å². The molecule has 0 unspecified atom stereocenters. The number of hydrogen-bond acceptors (Lipinski definition) is 6. The van der Waals surface area contributed by atoms with Gasteiger partial charge in [0.05, 0.1) is 12.3 Å². The highest BCUT2D eigenvalue weighted by molar-refractivity contribution is 5.85. The number of rotatable bonds is 6. The number of hydrogen-bond donors (Lipinski definition) is 0. The molecule has 0 amide bonds. The molecule has 6 heteroatoms. The van der Waals surface area contributed by atoms with E-state index in [1.54, 1.807) is 0 Å². The summed E-state index contributed by atoms with van der Waals surface area (Å²) in [5, 5.41) is 8.09. The summed E-state index contributed by atoms with van der Waals surface area (Å²) in [7, 11) is 2.04. The number of likely N-dealkylation sites (N-methyl/N-ethyl adjacent to an activating group) is 1. The lowest BCUT2D eigenvalue weighted by Gasteiger charge is -2.17. The average Bonchev–Trinajstić information content (AvgIpc) is 2.98. The van der Waals surface area contributed by atoms with Crippen molar-refractivity contribution in [3.8, 4) is 0 Å². The van der Waals surface area contributed by atoms with E-state index >= 15 is 0 Å². The highest BCUT2D eigenvalue weighted by Gasteiger charge is 2.29. The molecule has 3 rings (SSSR count). The van der Waals surface area contributed by atoms with Crippen LogP contribution in [0.15, 0.2) is 9.68 Å². The third-order valence-corrected chi connectivity index (χ3v) is 3.55. The van der Waals surface area contributed by atoms with E-state index in [1.807, 2.05) is 7.05 Å². The molecule has 0 spiro atoms. The second kappa shape index (κ2) is 5.28. The van der Waals surface area contributed by atoms with Crippen LogP contribution in [0.5, 0.6) is 0 Å². The van der Waals surface area contributed by atoms with Crippen molar-refractivity contribution in [2.75, 3.05) is 13.6 Å².